The second-order valence-electron chi connectivity index (χ2n) is 5.14. The zero-order chi connectivity index (χ0) is 16.7. The predicted octanol–water partition coefficient (Wildman–Crippen LogP) is 0.569. The predicted molar refractivity (Wildman–Crippen MR) is 84.9 cm³/mol. The molecule has 0 spiro atoms. The van der Waals surface area contributed by atoms with Gasteiger partial charge in [-0.25, -0.2) is 14.3 Å². The van der Waals surface area contributed by atoms with E-state index >= 15 is 0 Å². The number of oxazole rings is 1. The van der Waals surface area contributed by atoms with Crippen molar-refractivity contribution in [3.05, 3.63) is 63.6 Å². The number of amides is 1. The van der Waals surface area contributed by atoms with Gasteiger partial charge in [0.05, 0.1) is 5.52 Å². The highest BCUT2D eigenvalue weighted by atomic mass is 16.4. The molecule has 0 saturated carbocycles. The van der Waals surface area contributed by atoms with Crippen molar-refractivity contribution in [3.63, 3.8) is 0 Å². The molecule has 0 radical (unpaired) electrons. The van der Waals surface area contributed by atoms with Crippen molar-refractivity contribution < 1.29 is 9.21 Å². The van der Waals surface area contributed by atoms with Crippen LogP contribution in [0.2, 0.25) is 0 Å². The van der Waals surface area contributed by atoms with Crippen LogP contribution < -0.4 is 16.8 Å². The van der Waals surface area contributed by atoms with E-state index in [4.69, 9.17) is 4.42 Å². The third-order valence-corrected chi connectivity index (χ3v) is 3.48. The number of benzene rings is 1. The van der Waals surface area contributed by atoms with E-state index in [1.807, 2.05) is 0 Å². The molecular weight excluding hydrogens is 314 g/mol. The lowest BCUT2D eigenvalue weighted by Crippen LogP contribution is -2.28. The smallest absolute Gasteiger partial charge is 0.408 e. The first-order valence-corrected chi connectivity index (χ1v) is 7.07. The Balaban J connectivity index is 1.57. The van der Waals surface area contributed by atoms with Crippen LogP contribution in [-0.2, 0) is 11.3 Å². The Morgan fingerprint density at radius 3 is 2.96 bits per heavy atom. The maximum Gasteiger partial charge on any atom is 0.417 e. The standard InChI is InChI=1S/C15H11N5O4/c21-13(8-20-15(23)19-6-2-1-3-12(19)18-20)16-9-4-5-11-10(7-9)17-14(22)24-11/h1-7H,8H2,(H,16,21)(H,17,22). The van der Waals surface area contributed by atoms with Gasteiger partial charge in [0.1, 0.15) is 6.54 Å². The van der Waals surface area contributed by atoms with Crippen LogP contribution in [0.1, 0.15) is 0 Å². The first-order valence-electron chi connectivity index (χ1n) is 7.07. The Bertz CT molecular complexity index is 1180. The lowest BCUT2D eigenvalue weighted by Gasteiger charge is -2.04. The summed E-state index contributed by atoms with van der Waals surface area (Å²) in [6.45, 7) is -0.222. The summed E-state index contributed by atoms with van der Waals surface area (Å²) in [4.78, 5) is 37.9. The molecule has 0 aliphatic heterocycles. The first-order chi connectivity index (χ1) is 11.6. The lowest BCUT2D eigenvalue weighted by atomic mass is 10.3. The number of nitrogens with zero attached hydrogens (tertiary/aromatic N) is 3. The van der Waals surface area contributed by atoms with Gasteiger partial charge in [-0.05, 0) is 30.3 Å². The van der Waals surface area contributed by atoms with Crippen molar-refractivity contribution in [2.24, 2.45) is 0 Å². The number of hydrogen-bond acceptors (Lipinski definition) is 5. The molecule has 9 nitrogen and oxygen atoms in total. The van der Waals surface area contributed by atoms with Crippen LogP contribution in [-0.4, -0.2) is 25.1 Å². The van der Waals surface area contributed by atoms with Gasteiger partial charge in [-0.2, -0.15) is 0 Å². The number of aromatic nitrogens is 4. The quantitative estimate of drug-likeness (QED) is 0.571. The minimum atomic E-state index is -0.565. The van der Waals surface area contributed by atoms with Gasteiger partial charge in [0.25, 0.3) is 0 Å². The molecule has 9 heteroatoms. The summed E-state index contributed by atoms with van der Waals surface area (Å²) in [5.41, 5.74) is 1.42. The summed E-state index contributed by atoms with van der Waals surface area (Å²) in [5, 5.41) is 6.74. The second-order valence-corrected chi connectivity index (χ2v) is 5.14. The Morgan fingerprint density at radius 1 is 1.25 bits per heavy atom. The Kier molecular flexibility index (Phi) is 3.05. The monoisotopic (exact) mass is 325 g/mol. The van der Waals surface area contributed by atoms with Crippen LogP contribution in [0.15, 0.2) is 56.6 Å². The molecule has 0 fully saturated rings. The van der Waals surface area contributed by atoms with Crippen LogP contribution in [0, 0.1) is 0 Å². The number of aromatic amines is 1. The van der Waals surface area contributed by atoms with E-state index in [1.165, 1.54) is 4.40 Å². The average Bonchev–Trinajstić information content (AvgIpc) is 3.07. The SMILES string of the molecule is O=C(Cn1nc2ccccn2c1=O)Nc1ccc2oc(=O)[nH]c2c1. The highest BCUT2D eigenvalue weighted by Crippen LogP contribution is 2.16. The van der Waals surface area contributed by atoms with E-state index in [0.29, 0.717) is 22.4 Å². The summed E-state index contributed by atoms with van der Waals surface area (Å²) in [5.74, 6) is -0.976. The van der Waals surface area contributed by atoms with Crippen molar-refractivity contribution in [2.45, 2.75) is 6.54 Å². The minimum Gasteiger partial charge on any atom is -0.408 e. The number of rotatable bonds is 3. The molecule has 0 aliphatic carbocycles. The Labute approximate surface area is 133 Å². The topological polar surface area (TPSA) is 114 Å². The van der Waals surface area contributed by atoms with E-state index < -0.39 is 17.4 Å². The van der Waals surface area contributed by atoms with E-state index in [2.05, 4.69) is 15.4 Å². The molecule has 0 saturated heterocycles. The number of nitrogens with one attached hydrogen (secondary N) is 2. The fourth-order valence-electron chi connectivity index (χ4n) is 2.44. The molecule has 0 bridgehead atoms. The molecule has 0 aliphatic rings. The lowest BCUT2D eigenvalue weighted by molar-refractivity contribution is -0.117. The Morgan fingerprint density at radius 2 is 2.12 bits per heavy atom. The van der Waals surface area contributed by atoms with Gasteiger partial charge in [-0.1, -0.05) is 6.07 Å². The van der Waals surface area contributed by atoms with Gasteiger partial charge >= 0.3 is 11.4 Å². The average molecular weight is 325 g/mol. The van der Waals surface area contributed by atoms with E-state index in [9.17, 15) is 14.4 Å². The maximum atomic E-state index is 12.1. The zero-order valence-electron chi connectivity index (χ0n) is 12.2. The molecule has 3 heterocycles. The number of carbonyl (C=O) groups excluding carboxylic acids is 1. The third kappa shape index (κ3) is 2.37. The van der Waals surface area contributed by atoms with Crippen LogP contribution in [0.25, 0.3) is 16.7 Å². The highest BCUT2D eigenvalue weighted by Gasteiger charge is 2.11. The number of H-pyrrole nitrogens is 1. The summed E-state index contributed by atoms with van der Waals surface area (Å²) in [7, 11) is 0. The van der Waals surface area contributed by atoms with Crippen LogP contribution >= 0.6 is 0 Å². The van der Waals surface area contributed by atoms with Gasteiger partial charge in [-0.15, -0.1) is 5.10 Å². The van der Waals surface area contributed by atoms with Crippen molar-refractivity contribution in [1.82, 2.24) is 19.2 Å². The van der Waals surface area contributed by atoms with Gasteiger partial charge in [0.2, 0.25) is 5.91 Å². The molecular formula is C15H11N5O4. The minimum absolute atomic E-state index is 0.222. The molecule has 4 aromatic rings. The molecule has 120 valence electrons. The molecule has 4 rings (SSSR count). The van der Waals surface area contributed by atoms with E-state index in [-0.39, 0.29) is 6.54 Å². The third-order valence-electron chi connectivity index (χ3n) is 3.48. The number of hydrogen-bond donors (Lipinski definition) is 2. The highest BCUT2D eigenvalue weighted by molar-refractivity contribution is 5.92. The number of fused-ring (bicyclic) bond motifs is 2. The summed E-state index contributed by atoms with van der Waals surface area (Å²) in [6.07, 6.45) is 1.59. The molecule has 1 amide bonds. The summed E-state index contributed by atoms with van der Waals surface area (Å²) in [6, 6.07) is 9.89. The number of pyridine rings is 1. The zero-order valence-corrected chi connectivity index (χ0v) is 12.2. The van der Waals surface area contributed by atoms with Crippen molar-refractivity contribution in [1.29, 1.82) is 0 Å². The largest absolute Gasteiger partial charge is 0.417 e. The van der Waals surface area contributed by atoms with Crippen LogP contribution in [0.5, 0.6) is 0 Å². The van der Waals surface area contributed by atoms with E-state index in [1.54, 1.807) is 42.6 Å². The molecule has 2 N–H and O–H groups in total. The van der Waals surface area contributed by atoms with Gasteiger partial charge in [-0.3, -0.25) is 14.2 Å². The molecule has 3 aromatic heterocycles. The normalized spacial score (nSPS) is 11.2. The van der Waals surface area contributed by atoms with Crippen molar-refractivity contribution in [2.75, 3.05) is 5.32 Å². The summed E-state index contributed by atoms with van der Waals surface area (Å²) < 4.78 is 7.33. The van der Waals surface area contributed by atoms with Crippen LogP contribution in [0.3, 0.4) is 0 Å². The van der Waals surface area contributed by atoms with Gasteiger partial charge < -0.3 is 9.73 Å². The Hall–Kier alpha value is -3.62. The van der Waals surface area contributed by atoms with E-state index in [0.717, 1.165) is 4.68 Å². The molecule has 0 atom stereocenters. The fourth-order valence-corrected chi connectivity index (χ4v) is 2.44. The fraction of sp³-hybridized carbons (Fsp3) is 0.0667. The van der Waals surface area contributed by atoms with Crippen molar-refractivity contribution >= 4 is 28.3 Å². The van der Waals surface area contributed by atoms with Gasteiger partial charge in [0, 0.05) is 11.9 Å². The molecule has 1 aromatic carbocycles. The molecule has 24 heavy (non-hydrogen) atoms. The number of anilines is 1. The maximum absolute atomic E-state index is 12.1. The first kappa shape index (κ1) is 14.0. The van der Waals surface area contributed by atoms with Crippen molar-refractivity contribution in [3.8, 4) is 0 Å². The van der Waals surface area contributed by atoms with Crippen LogP contribution in [0.4, 0.5) is 5.69 Å². The molecule has 0 unspecified atom stereocenters. The number of carbonyl (C=O) groups is 1. The van der Waals surface area contributed by atoms with Gasteiger partial charge in [0.15, 0.2) is 11.2 Å². The second kappa shape index (κ2) is 5.23. The summed E-state index contributed by atoms with van der Waals surface area (Å²) >= 11 is 0.